The van der Waals surface area contributed by atoms with Crippen molar-refractivity contribution in [3.05, 3.63) is 23.8 Å². The topological polar surface area (TPSA) is 58.3 Å². The van der Waals surface area contributed by atoms with Crippen molar-refractivity contribution in [3.8, 4) is 0 Å². The fourth-order valence-electron chi connectivity index (χ4n) is 1.97. The number of hydrogen-bond acceptors (Lipinski definition) is 3. The molecule has 1 rings (SSSR count). The summed E-state index contributed by atoms with van der Waals surface area (Å²) in [7, 11) is 0. The lowest BCUT2D eigenvalue weighted by atomic mass is 9.94. The normalized spacial score (nSPS) is 14.6. The van der Waals surface area contributed by atoms with Crippen LogP contribution in [0.15, 0.2) is 12.1 Å². The number of nitrogen functional groups attached to an aromatic ring is 1. The lowest BCUT2D eigenvalue weighted by Crippen LogP contribution is -2.35. The lowest BCUT2D eigenvalue weighted by Gasteiger charge is -2.26. The second kappa shape index (κ2) is 5.52. The van der Waals surface area contributed by atoms with E-state index in [1.807, 2.05) is 13.8 Å². The molecular formula is C13H20F2N2O. The van der Waals surface area contributed by atoms with Gasteiger partial charge in [-0.25, -0.2) is 8.78 Å². The Kier molecular flexibility index (Phi) is 4.51. The molecule has 5 heteroatoms. The Morgan fingerprint density at radius 2 is 2.00 bits per heavy atom. The SMILES string of the molecule is CC(C)CC(C)(O)CNc1cc(F)cc(F)c1N. The van der Waals surface area contributed by atoms with Gasteiger partial charge < -0.3 is 16.2 Å². The van der Waals surface area contributed by atoms with E-state index in [9.17, 15) is 13.9 Å². The summed E-state index contributed by atoms with van der Waals surface area (Å²) >= 11 is 0. The maximum absolute atomic E-state index is 13.2. The van der Waals surface area contributed by atoms with E-state index >= 15 is 0 Å². The van der Waals surface area contributed by atoms with Gasteiger partial charge in [0.15, 0.2) is 5.82 Å². The minimum absolute atomic E-state index is 0.142. The first-order valence-corrected chi connectivity index (χ1v) is 5.92. The highest BCUT2D eigenvalue weighted by atomic mass is 19.1. The molecule has 0 aliphatic carbocycles. The van der Waals surface area contributed by atoms with E-state index in [-0.39, 0.29) is 17.9 Å². The zero-order valence-electron chi connectivity index (χ0n) is 10.9. The number of benzene rings is 1. The average molecular weight is 258 g/mol. The van der Waals surface area contributed by atoms with Crippen molar-refractivity contribution >= 4 is 11.4 Å². The fraction of sp³-hybridized carbons (Fsp3) is 0.538. The number of aliphatic hydroxyl groups is 1. The van der Waals surface area contributed by atoms with E-state index in [1.165, 1.54) is 0 Å². The minimum atomic E-state index is -0.955. The molecule has 1 atom stereocenters. The first kappa shape index (κ1) is 14.7. The van der Waals surface area contributed by atoms with Crippen LogP contribution in [0.2, 0.25) is 0 Å². The van der Waals surface area contributed by atoms with Gasteiger partial charge in [-0.2, -0.15) is 0 Å². The number of nitrogens with two attached hydrogens (primary N) is 1. The van der Waals surface area contributed by atoms with Crippen LogP contribution >= 0.6 is 0 Å². The highest BCUT2D eigenvalue weighted by Gasteiger charge is 2.22. The van der Waals surface area contributed by atoms with Crippen LogP contribution in [0.3, 0.4) is 0 Å². The number of nitrogens with one attached hydrogen (secondary N) is 1. The molecule has 0 aliphatic heterocycles. The smallest absolute Gasteiger partial charge is 0.151 e. The Morgan fingerprint density at radius 1 is 1.39 bits per heavy atom. The van der Waals surface area contributed by atoms with E-state index in [4.69, 9.17) is 5.73 Å². The number of hydrogen-bond donors (Lipinski definition) is 3. The quantitative estimate of drug-likeness (QED) is 0.712. The molecule has 0 bridgehead atoms. The van der Waals surface area contributed by atoms with Gasteiger partial charge in [0.05, 0.1) is 17.0 Å². The van der Waals surface area contributed by atoms with Gasteiger partial charge >= 0.3 is 0 Å². The Hall–Kier alpha value is -1.36. The van der Waals surface area contributed by atoms with E-state index in [0.717, 1.165) is 12.1 Å². The summed E-state index contributed by atoms with van der Waals surface area (Å²) in [5, 5.41) is 12.9. The van der Waals surface area contributed by atoms with Crippen molar-refractivity contribution in [1.29, 1.82) is 0 Å². The first-order valence-electron chi connectivity index (χ1n) is 5.92. The van der Waals surface area contributed by atoms with Crippen LogP contribution in [0.25, 0.3) is 0 Å². The van der Waals surface area contributed by atoms with Crippen LogP contribution < -0.4 is 11.1 Å². The second-order valence-corrected chi connectivity index (χ2v) is 5.30. The van der Waals surface area contributed by atoms with Gasteiger partial charge in [-0.15, -0.1) is 0 Å². The van der Waals surface area contributed by atoms with E-state index in [2.05, 4.69) is 5.32 Å². The van der Waals surface area contributed by atoms with Crippen molar-refractivity contribution in [2.45, 2.75) is 32.8 Å². The minimum Gasteiger partial charge on any atom is -0.395 e. The van der Waals surface area contributed by atoms with Gasteiger partial charge in [0, 0.05) is 12.6 Å². The van der Waals surface area contributed by atoms with Crippen LogP contribution in [0, 0.1) is 17.6 Å². The largest absolute Gasteiger partial charge is 0.395 e. The predicted octanol–water partition coefficient (Wildman–Crippen LogP) is 2.76. The molecule has 1 aromatic rings. The maximum Gasteiger partial charge on any atom is 0.151 e. The molecule has 0 heterocycles. The number of rotatable bonds is 5. The summed E-state index contributed by atoms with van der Waals surface area (Å²) in [6.45, 7) is 5.83. The Bertz CT molecular complexity index is 420. The van der Waals surface area contributed by atoms with Crippen molar-refractivity contribution < 1.29 is 13.9 Å². The van der Waals surface area contributed by atoms with Gasteiger partial charge in [-0.3, -0.25) is 0 Å². The van der Waals surface area contributed by atoms with Crippen molar-refractivity contribution in [1.82, 2.24) is 0 Å². The molecule has 4 N–H and O–H groups in total. The van der Waals surface area contributed by atoms with Crippen LogP contribution in [0.1, 0.15) is 27.2 Å². The molecule has 0 saturated heterocycles. The van der Waals surface area contributed by atoms with Crippen molar-refractivity contribution in [2.75, 3.05) is 17.6 Å². The van der Waals surface area contributed by atoms with Gasteiger partial charge in [-0.1, -0.05) is 13.8 Å². The van der Waals surface area contributed by atoms with E-state index in [1.54, 1.807) is 6.92 Å². The molecule has 0 spiro atoms. The van der Waals surface area contributed by atoms with Gasteiger partial charge in [0.1, 0.15) is 5.82 Å². The number of halogens is 2. The molecule has 0 saturated carbocycles. The first-order chi connectivity index (χ1) is 8.21. The summed E-state index contributed by atoms with van der Waals surface area (Å²) in [4.78, 5) is 0. The highest BCUT2D eigenvalue weighted by Crippen LogP contribution is 2.25. The third-order valence-corrected chi connectivity index (χ3v) is 2.60. The molecule has 18 heavy (non-hydrogen) atoms. The van der Waals surface area contributed by atoms with Gasteiger partial charge in [0.25, 0.3) is 0 Å². The number of anilines is 2. The molecule has 0 aromatic heterocycles. The standard InChI is InChI=1S/C13H20F2N2O/c1-8(2)6-13(3,18)7-17-11-5-9(14)4-10(15)12(11)16/h4-5,8,17-18H,6-7,16H2,1-3H3. The van der Waals surface area contributed by atoms with Crippen LogP contribution in [-0.2, 0) is 0 Å². The summed E-state index contributed by atoms with van der Waals surface area (Å²) < 4.78 is 26.2. The summed E-state index contributed by atoms with van der Waals surface area (Å²) in [6, 6.07) is 1.84. The molecule has 1 unspecified atom stereocenters. The predicted molar refractivity (Wildman–Crippen MR) is 69.3 cm³/mol. The van der Waals surface area contributed by atoms with Gasteiger partial charge in [0.2, 0.25) is 0 Å². The van der Waals surface area contributed by atoms with E-state index < -0.39 is 17.2 Å². The molecule has 1 aromatic carbocycles. The Labute approximate surface area is 106 Å². The lowest BCUT2D eigenvalue weighted by molar-refractivity contribution is 0.0515. The molecule has 0 radical (unpaired) electrons. The molecule has 102 valence electrons. The summed E-state index contributed by atoms with van der Waals surface area (Å²) in [6.07, 6.45) is 0.581. The third kappa shape index (κ3) is 4.14. The maximum atomic E-state index is 13.2. The third-order valence-electron chi connectivity index (χ3n) is 2.60. The monoisotopic (exact) mass is 258 g/mol. The Morgan fingerprint density at radius 3 is 2.56 bits per heavy atom. The zero-order chi connectivity index (χ0) is 13.9. The molecule has 0 amide bonds. The van der Waals surface area contributed by atoms with Crippen molar-refractivity contribution in [2.24, 2.45) is 5.92 Å². The highest BCUT2D eigenvalue weighted by molar-refractivity contribution is 5.66. The Balaban J connectivity index is 2.74. The molecule has 3 nitrogen and oxygen atoms in total. The van der Waals surface area contributed by atoms with Crippen LogP contribution in [0.5, 0.6) is 0 Å². The van der Waals surface area contributed by atoms with Crippen molar-refractivity contribution in [3.63, 3.8) is 0 Å². The fourth-order valence-corrected chi connectivity index (χ4v) is 1.97. The van der Waals surface area contributed by atoms with Crippen LogP contribution in [0.4, 0.5) is 20.2 Å². The second-order valence-electron chi connectivity index (χ2n) is 5.30. The molecule has 0 aliphatic rings. The van der Waals surface area contributed by atoms with Crippen LogP contribution in [-0.4, -0.2) is 17.3 Å². The zero-order valence-corrected chi connectivity index (χ0v) is 10.9. The van der Waals surface area contributed by atoms with Gasteiger partial charge in [-0.05, 0) is 25.3 Å². The molecule has 0 fully saturated rings. The average Bonchev–Trinajstić information content (AvgIpc) is 2.19. The summed E-state index contributed by atoms with van der Waals surface area (Å²) in [5.74, 6) is -1.18. The molecular weight excluding hydrogens is 238 g/mol. The van der Waals surface area contributed by atoms with E-state index in [0.29, 0.717) is 12.3 Å². The summed E-state index contributed by atoms with van der Waals surface area (Å²) in [5.41, 5.74) is 4.56.